The molecule has 0 bridgehead atoms. The van der Waals surface area contributed by atoms with Crippen LogP contribution in [0.25, 0.3) is 0 Å². The van der Waals surface area contributed by atoms with E-state index in [1.165, 1.54) is 11.4 Å². The second-order valence-electron chi connectivity index (χ2n) is 6.36. The number of piperazine rings is 1. The molecule has 0 unspecified atom stereocenters. The molecular formula is C18H27N5. The Morgan fingerprint density at radius 1 is 1.17 bits per heavy atom. The summed E-state index contributed by atoms with van der Waals surface area (Å²) in [6.07, 6.45) is 8.85. The van der Waals surface area contributed by atoms with E-state index in [1.54, 1.807) is 0 Å². The van der Waals surface area contributed by atoms with Crippen molar-refractivity contribution < 1.29 is 0 Å². The first kappa shape index (κ1) is 16.1. The summed E-state index contributed by atoms with van der Waals surface area (Å²) in [7, 11) is 0. The SMILES string of the molecule is CCn1ccnc1CN1CCN(CCc2ccncc2)C[C@@H]1C. The van der Waals surface area contributed by atoms with Crippen molar-refractivity contribution in [1.82, 2.24) is 24.3 Å². The highest BCUT2D eigenvalue weighted by molar-refractivity contribution is 5.10. The van der Waals surface area contributed by atoms with Crippen molar-refractivity contribution in [2.45, 2.75) is 39.4 Å². The number of hydrogen-bond acceptors (Lipinski definition) is 4. The Labute approximate surface area is 139 Å². The number of nitrogens with zero attached hydrogens (tertiary/aromatic N) is 5. The van der Waals surface area contributed by atoms with E-state index in [0.29, 0.717) is 6.04 Å². The molecule has 5 nitrogen and oxygen atoms in total. The third kappa shape index (κ3) is 4.18. The first-order chi connectivity index (χ1) is 11.3. The zero-order valence-electron chi connectivity index (χ0n) is 14.2. The molecule has 2 aromatic heterocycles. The second kappa shape index (κ2) is 7.70. The number of imidazole rings is 1. The van der Waals surface area contributed by atoms with E-state index in [2.05, 4.69) is 56.5 Å². The maximum atomic E-state index is 4.51. The lowest BCUT2D eigenvalue weighted by atomic mass is 10.1. The van der Waals surface area contributed by atoms with E-state index < -0.39 is 0 Å². The van der Waals surface area contributed by atoms with Crippen molar-refractivity contribution in [3.8, 4) is 0 Å². The third-order valence-corrected chi connectivity index (χ3v) is 4.80. The van der Waals surface area contributed by atoms with Crippen LogP contribution < -0.4 is 0 Å². The maximum absolute atomic E-state index is 4.51. The normalized spacial score (nSPS) is 20.0. The molecule has 0 radical (unpaired) electrons. The number of aromatic nitrogens is 3. The third-order valence-electron chi connectivity index (χ3n) is 4.80. The Balaban J connectivity index is 1.49. The summed E-state index contributed by atoms with van der Waals surface area (Å²) >= 11 is 0. The quantitative estimate of drug-likeness (QED) is 0.818. The van der Waals surface area contributed by atoms with Gasteiger partial charge in [-0.1, -0.05) is 0 Å². The molecule has 5 heteroatoms. The van der Waals surface area contributed by atoms with E-state index in [1.807, 2.05) is 18.6 Å². The molecule has 0 N–H and O–H groups in total. The molecule has 1 atom stereocenters. The van der Waals surface area contributed by atoms with Crippen molar-refractivity contribution in [1.29, 1.82) is 0 Å². The Morgan fingerprint density at radius 3 is 2.74 bits per heavy atom. The number of rotatable bonds is 6. The maximum Gasteiger partial charge on any atom is 0.122 e. The number of pyridine rings is 1. The van der Waals surface area contributed by atoms with Crippen molar-refractivity contribution in [3.63, 3.8) is 0 Å². The number of hydrogen-bond donors (Lipinski definition) is 0. The van der Waals surface area contributed by atoms with Gasteiger partial charge in [-0.15, -0.1) is 0 Å². The first-order valence-electron chi connectivity index (χ1n) is 8.61. The van der Waals surface area contributed by atoms with Crippen LogP contribution in [0.3, 0.4) is 0 Å². The van der Waals surface area contributed by atoms with E-state index >= 15 is 0 Å². The Hall–Kier alpha value is -1.72. The van der Waals surface area contributed by atoms with Crippen LogP contribution in [0.4, 0.5) is 0 Å². The van der Waals surface area contributed by atoms with E-state index in [9.17, 15) is 0 Å². The molecule has 1 fully saturated rings. The lowest BCUT2D eigenvalue weighted by molar-refractivity contribution is 0.0756. The van der Waals surface area contributed by atoms with E-state index in [4.69, 9.17) is 0 Å². The molecule has 3 rings (SSSR count). The average Bonchev–Trinajstić information content (AvgIpc) is 3.03. The Kier molecular flexibility index (Phi) is 5.41. The minimum absolute atomic E-state index is 0.572. The predicted molar refractivity (Wildman–Crippen MR) is 92.2 cm³/mol. The molecule has 0 saturated carbocycles. The highest BCUT2D eigenvalue weighted by Gasteiger charge is 2.24. The molecule has 1 aliphatic rings. The van der Waals surface area contributed by atoms with E-state index in [-0.39, 0.29) is 0 Å². The fourth-order valence-electron chi connectivity index (χ4n) is 3.31. The van der Waals surface area contributed by atoms with Gasteiger partial charge in [-0.3, -0.25) is 9.88 Å². The molecule has 0 aromatic carbocycles. The predicted octanol–water partition coefficient (Wildman–Crippen LogP) is 2.05. The van der Waals surface area contributed by atoms with Gasteiger partial charge in [0, 0.05) is 63.6 Å². The van der Waals surface area contributed by atoms with Crippen LogP contribution in [0.5, 0.6) is 0 Å². The average molecular weight is 313 g/mol. The van der Waals surface area contributed by atoms with Gasteiger partial charge in [0.2, 0.25) is 0 Å². The van der Waals surface area contributed by atoms with Crippen LogP contribution in [0.1, 0.15) is 25.2 Å². The fraction of sp³-hybridized carbons (Fsp3) is 0.556. The van der Waals surface area contributed by atoms with Crippen LogP contribution in [0.15, 0.2) is 36.9 Å². The summed E-state index contributed by atoms with van der Waals surface area (Å²) in [4.78, 5) is 13.7. The molecule has 23 heavy (non-hydrogen) atoms. The number of aryl methyl sites for hydroxylation is 1. The van der Waals surface area contributed by atoms with Gasteiger partial charge in [0.1, 0.15) is 5.82 Å². The lowest BCUT2D eigenvalue weighted by Gasteiger charge is -2.39. The van der Waals surface area contributed by atoms with Crippen molar-refractivity contribution in [2.24, 2.45) is 0 Å². The van der Waals surface area contributed by atoms with Gasteiger partial charge >= 0.3 is 0 Å². The zero-order valence-corrected chi connectivity index (χ0v) is 14.2. The fourth-order valence-corrected chi connectivity index (χ4v) is 3.31. The summed E-state index contributed by atoms with van der Waals surface area (Å²) in [5.41, 5.74) is 1.38. The standard InChI is InChI=1S/C18H27N5/c1-3-22-11-9-20-18(22)15-23-13-12-21(14-16(23)2)10-6-17-4-7-19-8-5-17/h4-5,7-9,11,16H,3,6,10,12-15H2,1-2H3/t16-/m0/s1. The topological polar surface area (TPSA) is 37.2 Å². The molecular weight excluding hydrogens is 286 g/mol. The second-order valence-corrected chi connectivity index (χ2v) is 6.36. The minimum atomic E-state index is 0.572. The molecule has 0 aliphatic carbocycles. The van der Waals surface area contributed by atoms with Gasteiger partial charge in [0.25, 0.3) is 0 Å². The molecule has 0 spiro atoms. The summed E-state index contributed by atoms with van der Waals surface area (Å²) in [6.45, 7) is 11.0. The van der Waals surface area contributed by atoms with Gasteiger partial charge in [-0.05, 0) is 38.0 Å². The molecule has 124 valence electrons. The molecule has 2 aromatic rings. The van der Waals surface area contributed by atoms with Crippen LogP contribution in [-0.2, 0) is 19.5 Å². The summed E-state index contributed by atoms with van der Waals surface area (Å²) in [6, 6.07) is 4.80. The molecule has 1 aliphatic heterocycles. The summed E-state index contributed by atoms with van der Waals surface area (Å²) in [5, 5.41) is 0. The molecule has 0 amide bonds. The largest absolute Gasteiger partial charge is 0.334 e. The zero-order chi connectivity index (χ0) is 16.1. The van der Waals surface area contributed by atoms with Crippen molar-refractivity contribution >= 4 is 0 Å². The lowest BCUT2D eigenvalue weighted by Crippen LogP contribution is -2.51. The van der Waals surface area contributed by atoms with Crippen LogP contribution in [0, 0.1) is 0 Å². The highest BCUT2D eigenvalue weighted by Crippen LogP contribution is 2.14. The van der Waals surface area contributed by atoms with Crippen molar-refractivity contribution in [2.75, 3.05) is 26.2 Å². The minimum Gasteiger partial charge on any atom is -0.334 e. The van der Waals surface area contributed by atoms with Gasteiger partial charge in [0.15, 0.2) is 0 Å². The van der Waals surface area contributed by atoms with Crippen LogP contribution >= 0.6 is 0 Å². The Morgan fingerprint density at radius 2 is 2.00 bits per heavy atom. The van der Waals surface area contributed by atoms with Gasteiger partial charge < -0.3 is 9.47 Å². The molecule has 1 saturated heterocycles. The Bertz CT molecular complexity index is 594. The monoisotopic (exact) mass is 313 g/mol. The summed E-state index contributed by atoms with van der Waals surface area (Å²) in [5.74, 6) is 1.18. The van der Waals surface area contributed by atoms with Gasteiger partial charge in [0.05, 0.1) is 6.54 Å². The van der Waals surface area contributed by atoms with Gasteiger partial charge in [-0.2, -0.15) is 0 Å². The van der Waals surface area contributed by atoms with Gasteiger partial charge in [-0.25, -0.2) is 4.98 Å². The van der Waals surface area contributed by atoms with Crippen molar-refractivity contribution in [3.05, 3.63) is 48.3 Å². The van der Waals surface area contributed by atoms with Crippen LogP contribution in [-0.4, -0.2) is 56.6 Å². The summed E-state index contributed by atoms with van der Waals surface area (Å²) < 4.78 is 2.24. The first-order valence-corrected chi connectivity index (χ1v) is 8.61. The molecule has 3 heterocycles. The van der Waals surface area contributed by atoms with Crippen LogP contribution in [0.2, 0.25) is 0 Å². The highest BCUT2D eigenvalue weighted by atomic mass is 15.3. The smallest absolute Gasteiger partial charge is 0.122 e. The van der Waals surface area contributed by atoms with E-state index in [0.717, 1.165) is 45.7 Å².